The van der Waals surface area contributed by atoms with Crippen molar-refractivity contribution >= 4 is 46.8 Å². The number of benzene rings is 3. The Morgan fingerprint density at radius 3 is 2.34 bits per heavy atom. The number of hydrogen-bond acceptors (Lipinski definition) is 5. The summed E-state index contributed by atoms with van der Waals surface area (Å²) in [7, 11) is 0. The number of carbonyl (C=O) groups is 3. The van der Waals surface area contributed by atoms with Crippen LogP contribution in [0.4, 0.5) is 5.69 Å². The molecule has 3 amide bonds. The molecular weight excluding hydrogens is 630 g/mol. The van der Waals surface area contributed by atoms with Crippen molar-refractivity contribution in [2.75, 3.05) is 24.6 Å². The van der Waals surface area contributed by atoms with E-state index in [1.165, 1.54) is 0 Å². The lowest BCUT2D eigenvalue weighted by Gasteiger charge is -2.40. The van der Waals surface area contributed by atoms with E-state index in [1.54, 1.807) is 44.7 Å². The molecule has 7 nitrogen and oxygen atoms in total. The van der Waals surface area contributed by atoms with Crippen molar-refractivity contribution in [2.24, 2.45) is 11.8 Å². The van der Waals surface area contributed by atoms with Gasteiger partial charge >= 0.3 is 0 Å². The first-order chi connectivity index (χ1) is 22.8. The Labute approximate surface area is 285 Å². The van der Waals surface area contributed by atoms with Gasteiger partial charge < -0.3 is 19.8 Å². The summed E-state index contributed by atoms with van der Waals surface area (Å²) in [6.45, 7) is 10.3. The van der Waals surface area contributed by atoms with Gasteiger partial charge in [0.05, 0.1) is 39.9 Å². The molecule has 1 N–H and O–H groups in total. The Bertz CT molecular complexity index is 1650. The number of para-hydroxylation sites is 1. The maximum Gasteiger partial charge on any atom is 0.251 e. The lowest BCUT2D eigenvalue weighted by Crippen LogP contribution is -2.56. The van der Waals surface area contributed by atoms with Crippen molar-refractivity contribution in [3.05, 3.63) is 126 Å². The molecule has 1 spiro atoms. The van der Waals surface area contributed by atoms with Crippen molar-refractivity contribution in [1.29, 1.82) is 0 Å². The average molecular weight is 670 g/mol. The summed E-state index contributed by atoms with van der Waals surface area (Å²) in [6, 6.07) is 22.9. The number of aryl methyl sites for hydroxylation is 1. The Balaban J connectivity index is 1.46. The van der Waals surface area contributed by atoms with E-state index < -0.39 is 28.7 Å². The molecule has 0 aliphatic carbocycles. The number of thioether (sulfide) groups is 1. The Hall–Kier alpha value is -3.85. The lowest BCUT2D eigenvalue weighted by molar-refractivity contribution is -0.145. The van der Waals surface area contributed by atoms with Crippen LogP contribution in [-0.2, 0) is 20.9 Å². The van der Waals surface area contributed by atoms with Gasteiger partial charge in [-0.05, 0) is 42.5 Å². The van der Waals surface area contributed by atoms with E-state index in [0.29, 0.717) is 36.6 Å². The standard InChI is InChI=1S/C38H40ClN3O4S/c1-4-21-40(23-26-14-8-6-9-15-26)35(44)31-30-19-20-38(47-30)32(31)36(45)42(29(24-43)27-16-10-7-11-17-27)34(38)37(46)41(22-5-2)33-25(3)13-12-18-28(33)39/h4-18,29-32,34,43H,1-2,19-24H2,3H3/t29-,30+,31-,32+,34?,38?/m1/s1. The van der Waals surface area contributed by atoms with Gasteiger partial charge in [0, 0.05) is 24.9 Å². The van der Waals surface area contributed by atoms with Crippen molar-refractivity contribution in [1.82, 2.24) is 9.80 Å². The first-order valence-electron chi connectivity index (χ1n) is 16.0. The minimum absolute atomic E-state index is 0.107. The number of carbonyl (C=O) groups excluding carboxylic acids is 3. The Morgan fingerprint density at radius 1 is 1.02 bits per heavy atom. The Morgan fingerprint density at radius 2 is 1.70 bits per heavy atom. The zero-order chi connectivity index (χ0) is 33.3. The van der Waals surface area contributed by atoms with Crippen LogP contribution in [0, 0.1) is 18.8 Å². The third-order valence-electron chi connectivity index (χ3n) is 9.86. The number of rotatable bonds is 12. The van der Waals surface area contributed by atoms with E-state index in [2.05, 4.69) is 13.2 Å². The van der Waals surface area contributed by atoms with Crippen LogP contribution >= 0.6 is 23.4 Å². The molecule has 3 aliphatic heterocycles. The minimum Gasteiger partial charge on any atom is -0.394 e. The summed E-state index contributed by atoms with van der Waals surface area (Å²) in [5.74, 6) is -2.02. The zero-order valence-corrected chi connectivity index (χ0v) is 28.1. The van der Waals surface area contributed by atoms with Gasteiger partial charge in [0.1, 0.15) is 6.04 Å². The fourth-order valence-electron chi connectivity index (χ4n) is 7.95. The van der Waals surface area contributed by atoms with Crippen LogP contribution in [0.2, 0.25) is 5.02 Å². The second-order valence-electron chi connectivity index (χ2n) is 12.5. The van der Waals surface area contributed by atoms with E-state index in [9.17, 15) is 14.7 Å². The molecular formula is C38H40ClN3O4S. The number of aliphatic hydroxyl groups is 1. The number of anilines is 1. The molecule has 0 radical (unpaired) electrons. The van der Waals surface area contributed by atoms with Gasteiger partial charge in [-0.2, -0.15) is 0 Å². The molecule has 9 heteroatoms. The zero-order valence-electron chi connectivity index (χ0n) is 26.5. The summed E-state index contributed by atoms with van der Waals surface area (Å²) in [4.78, 5) is 49.7. The topological polar surface area (TPSA) is 81.2 Å². The molecule has 3 heterocycles. The molecule has 2 unspecified atom stereocenters. The highest BCUT2D eigenvalue weighted by molar-refractivity contribution is 8.02. The summed E-state index contributed by atoms with van der Waals surface area (Å²) in [5, 5.41) is 11.2. The first-order valence-corrected chi connectivity index (χ1v) is 17.3. The average Bonchev–Trinajstić information content (AvgIpc) is 3.72. The molecule has 47 heavy (non-hydrogen) atoms. The second-order valence-corrected chi connectivity index (χ2v) is 14.6. The first kappa shape index (κ1) is 33.1. The van der Waals surface area contributed by atoms with Crippen LogP contribution in [0.25, 0.3) is 0 Å². The molecule has 6 rings (SSSR count). The van der Waals surface area contributed by atoms with Crippen LogP contribution in [-0.4, -0.2) is 68.4 Å². The molecule has 3 aromatic carbocycles. The van der Waals surface area contributed by atoms with Crippen LogP contribution in [0.3, 0.4) is 0 Å². The number of amides is 3. The van der Waals surface area contributed by atoms with E-state index in [4.69, 9.17) is 11.6 Å². The van der Waals surface area contributed by atoms with Crippen LogP contribution in [0.5, 0.6) is 0 Å². The largest absolute Gasteiger partial charge is 0.394 e. The van der Waals surface area contributed by atoms with Crippen molar-refractivity contribution in [2.45, 2.75) is 48.4 Å². The van der Waals surface area contributed by atoms with E-state index in [1.807, 2.05) is 79.7 Å². The third kappa shape index (κ3) is 5.70. The van der Waals surface area contributed by atoms with E-state index in [0.717, 1.165) is 16.7 Å². The van der Waals surface area contributed by atoms with Gasteiger partial charge in [-0.25, -0.2) is 0 Å². The molecule has 3 aromatic rings. The normalized spacial score (nSPS) is 24.9. The van der Waals surface area contributed by atoms with Crippen LogP contribution in [0.1, 0.15) is 35.6 Å². The maximum absolute atomic E-state index is 15.1. The van der Waals surface area contributed by atoms with Gasteiger partial charge in [0.2, 0.25) is 11.8 Å². The van der Waals surface area contributed by atoms with Gasteiger partial charge in [-0.1, -0.05) is 96.5 Å². The molecule has 244 valence electrons. The number of aliphatic hydroxyl groups excluding tert-OH is 1. The number of hydrogen-bond donors (Lipinski definition) is 1. The second kappa shape index (κ2) is 13.7. The Kier molecular flexibility index (Phi) is 9.65. The quantitative estimate of drug-likeness (QED) is 0.232. The molecule has 0 saturated carbocycles. The van der Waals surface area contributed by atoms with Gasteiger partial charge in [0.25, 0.3) is 5.91 Å². The number of halogens is 1. The predicted octanol–water partition coefficient (Wildman–Crippen LogP) is 6.21. The van der Waals surface area contributed by atoms with E-state index in [-0.39, 0.29) is 36.1 Å². The summed E-state index contributed by atoms with van der Waals surface area (Å²) < 4.78 is -0.859. The van der Waals surface area contributed by atoms with Crippen LogP contribution < -0.4 is 4.90 Å². The van der Waals surface area contributed by atoms with Crippen molar-refractivity contribution in [3.8, 4) is 0 Å². The fourth-order valence-corrected chi connectivity index (χ4v) is 10.5. The lowest BCUT2D eigenvalue weighted by atomic mass is 9.70. The highest BCUT2D eigenvalue weighted by Crippen LogP contribution is 2.67. The molecule has 3 aliphatic rings. The maximum atomic E-state index is 15.1. The number of fused-ring (bicyclic) bond motifs is 1. The van der Waals surface area contributed by atoms with Crippen LogP contribution in [0.15, 0.2) is 104 Å². The number of nitrogens with zero attached hydrogens (tertiary/aromatic N) is 3. The molecule has 2 bridgehead atoms. The SMILES string of the molecule is C=CCN(Cc1ccccc1)C(=O)[C@@H]1[C@@H]2CCC3(S2)C(C(=O)N(CC=C)c2c(C)cccc2Cl)N([C@H](CO)c2ccccc2)C(=O)[C@H]13. The van der Waals surface area contributed by atoms with Gasteiger partial charge in [-0.3, -0.25) is 14.4 Å². The van der Waals surface area contributed by atoms with E-state index >= 15 is 4.79 Å². The monoisotopic (exact) mass is 669 g/mol. The predicted molar refractivity (Wildman–Crippen MR) is 188 cm³/mol. The van der Waals surface area contributed by atoms with Crippen molar-refractivity contribution < 1.29 is 19.5 Å². The minimum atomic E-state index is -0.942. The highest BCUT2D eigenvalue weighted by atomic mass is 35.5. The summed E-state index contributed by atoms with van der Waals surface area (Å²) >= 11 is 8.34. The third-order valence-corrected chi connectivity index (χ3v) is 12.1. The molecule has 6 atom stereocenters. The summed E-state index contributed by atoms with van der Waals surface area (Å²) in [6.07, 6.45) is 4.67. The summed E-state index contributed by atoms with van der Waals surface area (Å²) in [5.41, 5.74) is 3.09. The molecule has 0 aromatic heterocycles. The molecule has 3 fully saturated rings. The smallest absolute Gasteiger partial charge is 0.251 e. The van der Waals surface area contributed by atoms with Gasteiger partial charge in [0.15, 0.2) is 0 Å². The van der Waals surface area contributed by atoms with Crippen molar-refractivity contribution in [3.63, 3.8) is 0 Å². The molecule has 3 saturated heterocycles. The van der Waals surface area contributed by atoms with Gasteiger partial charge in [-0.15, -0.1) is 24.9 Å². The fraction of sp³-hybridized carbons (Fsp3) is 0.342. The highest BCUT2D eigenvalue weighted by Gasteiger charge is 2.74. The number of likely N-dealkylation sites (tertiary alicyclic amines) is 1.